The average molecular weight is 265 g/mol. The van der Waals surface area contributed by atoms with Gasteiger partial charge in [-0.2, -0.15) is 0 Å². The molecule has 0 atom stereocenters. The molecule has 1 aromatic rings. The van der Waals surface area contributed by atoms with Gasteiger partial charge in [-0.25, -0.2) is 0 Å². The van der Waals surface area contributed by atoms with E-state index in [2.05, 4.69) is 5.32 Å². The zero-order valence-electron chi connectivity index (χ0n) is 11.9. The highest BCUT2D eigenvalue weighted by Gasteiger charge is 2.35. The minimum Gasteiger partial charge on any atom is -0.493 e. The second-order valence-corrected chi connectivity index (χ2v) is 5.19. The van der Waals surface area contributed by atoms with Gasteiger partial charge in [-0.3, -0.25) is 4.79 Å². The molecular weight excluding hydrogens is 246 g/mol. The number of nitrogens with one attached hydrogen (secondary N) is 1. The first-order valence-electron chi connectivity index (χ1n) is 6.08. The van der Waals surface area contributed by atoms with Gasteiger partial charge >= 0.3 is 0 Å². The first-order valence-corrected chi connectivity index (χ1v) is 6.08. The van der Waals surface area contributed by atoms with Crippen molar-refractivity contribution < 1.29 is 19.0 Å². The number of amides is 1. The van der Waals surface area contributed by atoms with E-state index in [1.54, 1.807) is 7.11 Å². The molecule has 5 nitrogen and oxygen atoms in total. The highest BCUT2D eigenvalue weighted by Crippen LogP contribution is 2.44. The van der Waals surface area contributed by atoms with Crippen LogP contribution in [0, 0.1) is 0 Å². The predicted molar refractivity (Wildman–Crippen MR) is 71.3 cm³/mol. The van der Waals surface area contributed by atoms with Gasteiger partial charge in [0.15, 0.2) is 11.5 Å². The van der Waals surface area contributed by atoms with Gasteiger partial charge in [0.05, 0.1) is 26.9 Å². The van der Waals surface area contributed by atoms with Crippen molar-refractivity contribution >= 4 is 5.91 Å². The second kappa shape index (κ2) is 4.64. The molecule has 0 unspecified atom stereocenters. The molecule has 0 spiro atoms. The van der Waals surface area contributed by atoms with Crippen molar-refractivity contribution in [3.63, 3.8) is 0 Å². The standard InChI is InChI=1S/C14H19NO4/c1-14(2)7-8-6-9(17-3)11(18-4)12(19-5)10(8)13(16)15-14/h6H,7H2,1-5H3,(H,15,16). The number of ether oxygens (including phenoxy) is 3. The number of fused-ring (bicyclic) bond motifs is 1. The molecule has 1 aromatic carbocycles. The molecule has 0 radical (unpaired) electrons. The van der Waals surface area contributed by atoms with Gasteiger partial charge in [0.1, 0.15) is 0 Å². The van der Waals surface area contributed by atoms with Crippen LogP contribution in [-0.2, 0) is 6.42 Å². The lowest BCUT2D eigenvalue weighted by Gasteiger charge is -2.33. The summed E-state index contributed by atoms with van der Waals surface area (Å²) in [5, 5.41) is 2.96. The smallest absolute Gasteiger partial charge is 0.255 e. The fraction of sp³-hybridized carbons (Fsp3) is 0.500. The minimum atomic E-state index is -0.283. The molecule has 1 N–H and O–H groups in total. The quantitative estimate of drug-likeness (QED) is 0.905. The Labute approximate surface area is 112 Å². The van der Waals surface area contributed by atoms with Crippen LogP contribution in [-0.4, -0.2) is 32.8 Å². The Bertz CT molecular complexity index is 523. The van der Waals surface area contributed by atoms with Crippen LogP contribution in [0.2, 0.25) is 0 Å². The van der Waals surface area contributed by atoms with Crippen molar-refractivity contribution in [2.45, 2.75) is 25.8 Å². The van der Waals surface area contributed by atoms with Crippen LogP contribution in [0.3, 0.4) is 0 Å². The van der Waals surface area contributed by atoms with E-state index in [0.717, 1.165) is 5.56 Å². The molecule has 2 rings (SSSR count). The molecule has 19 heavy (non-hydrogen) atoms. The van der Waals surface area contributed by atoms with E-state index < -0.39 is 0 Å². The summed E-state index contributed by atoms with van der Waals surface area (Å²) in [6.45, 7) is 3.97. The zero-order chi connectivity index (χ0) is 14.2. The molecular formula is C14H19NO4. The van der Waals surface area contributed by atoms with Crippen LogP contribution < -0.4 is 19.5 Å². The van der Waals surface area contributed by atoms with Crippen molar-refractivity contribution in [1.29, 1.82) is 0 Å². The molecule has 0 saturated carbocycles. The summed E-state index contributed by atoms with van der Waals surface area (Å²) in [5.41, 5.74) is 1.15. The molecule has 1 amide bonds. The highest BCUT2D eigenvalue weighted by molar-refractivity contribution is 6.01. The maximum absolute atomic E-state index is 12.3. The third-order valence-corrected chi connectivity index (χ3v) is 3.22. The van der Waals surface area contributed by atoms with Crippen LogP contribution in [0.1, 0.15) is 29.8 Å². The molecule has 1 aliphatic heterocycles. The van der Waals surface area contributed by atoms with E-state index in [0.29, 0.717) is 29.2 Å². The predicted octanol–water partition coefficient (Wildman–Crippen LogP) is 1.78. The highest BCUT2D eigenvalue weighted by atomic mass is 16.5. The molecule has 0 aliphatic carbocycles. The van der Waals surface area contributed by atoms with Crippen molar-refractivity contribution in [3.05, 3.63) is 17.2 Å². The van der Waals surface area contributed by atoms with Crippen LogP contribution in [0.4, 0.5) is 0 Å². The number of benzene rings is 1. The summed E-state index contributed by atoms with van der Waals surface area (Å²) >= 11 is 0. The number of rotatable bonds is 3. The van der Waals surface area contributed by atoms with Gasteiger partial charge in [0.2, 0.25) is 5.75 Å². The van der Waals surface area contributed by atoms with Gasteiger partial charge in [-0.1, -0.05) is 0 Å². The lowest BCUT2D eigenvalue weighted by atomic mass is 9.86. The lowest BCUT2D eigenvalue weighted by molar-refractivity contribution is 0.0892. The van der Waals surface area contributed by atoms with Gasteiger partial charge in [-0.05, 0) is 31.9 Å². The third kappa shape index (κ3) is 2.20. The van der Waals surface area contributed by atoms with Crippen LogP contribution >= 0.6 is 0 Å². The minimum absolute atomic E-state index is 0.149. The van der Waals surface area contributed by atoms with Gasteiger partial charge in [-0.15, -0.1) is 0 Å². The van der Waals surface area contributed by atoms with Gasteiger partial charge < -0.3 is 19.5 Å². The fourth-order valence-corrected chi connectivity index (χ4v) is 2.49. The topological polar surface area (TPSA) is 56.8 Å². The summed E-state index contributed by atoms with van der Waals surface area (Å²) in [4.78, 5) is 12.3. The normalized spacial score (nSPS) is 16.4. The van der Waals surface area contributed by atoms with Crippen molar-refractivity contribution in [1.82, 2.24) is 5.32 Å². The van der Waals surface area contributed by atoms with Crippen molar-refractivity contribution in [2.75, 3.05) is 21.3 Å². The summed E-state index contributed by atoms with van der Waals surface area (Å²) in [7, 11) is 4.61. The third-order valence-electron chi connectivity index (χ3n) is 3.22. The van der Waals surface area contributed by atoms with Crippen LogP contribution in [0.5, 0.6) is 17.2 Å². The molecule has 1 aliphatic rings. The first kappa shape index (κ1) is 13.5. The molecule has 0 saturated heterocycles. The molecule has 0 aromatic heterocycles. The molecule has 5 heteroatoms. The summed E-state index contributed by atoms with van der Waals surface area (Å²) in [6, 6.07) is 1.84. The van der Waals surface area contributed by atoms with E-state index in [1.165, 1.54) is 14.2 Å². The van der Waals surface area contributed by atoms with E-state index in [-0.39, 0.29) is 11.4 Å². The average Bonchev–Trinajstić information content (AvgIpc) is 2.34. The maximum atomic E-state index is 12.3. The maximum Gasteiger partial charge on any atom is 0.255 e. The number of carbonyl (C=O) groups excluding carboxylic acids is 1. The SMILES string of the molecule is COc1cc2c(c(OC)c1OC)C(=O)NC(C)(C)C2. The Morgan fingerprint density at radius 2 is 1.74 bits per heavy atom. The van der Waals surface area contributed by atoms with Gasteiger partial charge in [0.25, 0.3) is 5.91 Å². The van der Waals surface area contributed by atoms with Crippen LogP contribution in [0.25, 0.3) is 0 Å². The number of hydrogen-bond acceptors (Lipinski definition) is 4. The zero-order valence-corrected chi connectivity index (χ0v) is 11.9. The summed E-state index contributed by atoms with van der Waals surface area (Å²) in [6.07, 6.45) is 0.713. The lowest BCUT2D eigenvalue weighted by Crippen LogP contribution is -2.49. The Morgan fingerprint density at radius 3 is 2.26 bits per heavy atom. The molecule has 0 fully saturated rings. The molecule has 104 valence electrons. The Kier molecular flexibility index (Phi) is 3.30. The number of carbonyl (C=O) groups is 1. The number of methoxy groups -OCH3 is 3. The van der Waals surface area contributed by atoms with Gasteiger partial charge in [0, 0.05) is 5.54 Å². The molecule has 1 heterocycles. The Hall–Kier alpha value is -1.91. The summed E-state index contributed by atoms with van der Waals surface area (Å²) < 4.78 is 16.0. The van der Waals surface area contributed by atoms with Crippen molar-refractivity contribution in [2.24, 2.45) is 0 Å². The Morgan fingerprint density at radius 1 is 1.11 bits per heavy atom. The molecule has 0 bridgehead atoms. The fourth-order valence-electron chi connectivity index (χ4n) is 2.49. The number of hydrogen-bond donors (Lipinski definition) is 1. The van der Waals surface area contributed by atoms with E-state index in [9.17, 15) is 4.79 Å². The van der Waals surface area contributed by atoms with Crippen molar-refractivity contribution in [3.8, 4) is 17.2 Å². The monoisotopic (exact) mass is 265 g/mol. The second-order valence-electron chi connectivity index (χ2n) is 5.19. The Balaban J connectivity index is 2.69. The van der Waals surface area contributed by atoms with E-state index >= 15 is 0 Å². The van der Waals surface area contributed by atoms with Crippen LogP contribution in [0.15, 0.2) is 6.07 Å². The van der Waals surface area contributed by atoms with E-state index in [1.807, 2.05) is 19.9 Å². The largest absolute Gasteiger partial charge is 0.493 e. The first-order chi connectivity index (χ1) is 8.93. The van der Waals surface area contributed by atoms with E-state index in [4.69, 9.17) is 14.2 Å². The summed E-state index contributed by atoms with van der Waals surface area (Å²) in [5.74, 6) is 1.29.